The number of ether oxygens (including phenoxy) is 2. The molecular weight excluding hydrogens is 314 g/mol. The third-order valence-corrected chi connectivity index (χ3v) is 5.94. The summed E-state index contributed by atoms with van der Waals surface area (Å²) in [5.74, 6) is 1.05. The van der Waals surface area contributed by atoms with Gasteiger partial charge in [-0.2, -0.15) is 0 Å². The fourth-order valence-corrected chi connectivity index (χ4v) is 4.08. The Bertz CT molecular complexity index is 576. The molecule has 0 aromatic heterocycles. The Balaban J connectivity index is 1.27. The highest BCUT2D eigenvalue weighted by molar-refractivity contribution is 5.78. The topological polar surface area (TPSA) is 38.8 Å². The minimum atomic E-state index is -0.0595. The molecule has 0 N–H and O–H groups in total. The number of carbonyl (C=O) groups is 1. The summed E-state index contributed by atoms with van der Waals surface area (Å²) < 4.78 is 12.3. The standard InChI is InChI=1S/C21H29NO3/c23-20(14-17-4-2-1-3-5-17)22-11-9-21(10-12-22)15-19(8-13-25-21)24-16-18-6-7-18/h1-5,18-19H,6-16H2. The summed E-state index contributed by atoms with van der Waals surface area (Å²) in [7, 11) is 0. The number of piperidine rings is 1. The summed E-state index contributed by atoms with van der Waals surface area (Å²) in [6.07, 6.45) is 7.43. The number of carbonyl (C=O) groups excluding carboxylic acids is 1. The van der Waals surface area contributed by atoms with Crippen LogP contribution in [0.5, 0.6) is 0 Å². The van der Waals surface area contributed by atoms with Crippen LogP contribution in [0.2, 0.25) is 0 Å². The van der Waals surface area contributed by atoms with Crippen molar-refractivity contribution in [1.82, 2.24) is 4.90 Å². The summed E-state index contributed by atoms with van der Waals surface area (Å²) >= 11 is 0. The second-order valence-electron chi connectivity index (χ2n) is 7.97. The van der Waals surface area contributed by atoms with Gasteiger partial charge in [-0.25, -0.2) is 0 Å². The molecule has 4 nitrogen and oxygen atoms in total. The van der Waals surface area contributed by atoms with Gasteiger partial charge in [-0.3, -0.25) is 4.79 Å². The molecule has 1 aromatic carbocycles. The van der Waals surface area contributed by atoms with E-state index in [0.717, 1.165) is 63.5 Å². The van der Waals surface area contributed by atoms with Crippen LogP contribution in [0.1, 0.15) is 44.1 Å². The van der Waals surface area contributed by atoms with Gasteiger partial charge in [0.05, 0.1) is 18.1 Å². The van der Waals surface area contributed by atoms with E-state index >= 15 is 0 Å². The molecule has 1 aliphatic carbocycles. The zero-order valence-electron chi connectivity index (χ0n) is 15.0. The van der Waals surface area contributed by atoms with Crippen molar-refractivity contribution in [3.8, 4) is 0 Å². The van der Waals surface area contributed by atoms with Crippen molar-refractivity contribution < 1.29 is 14.3 Å². The molecule has 2 aliphatic heterocycles. The Labute approximate surface area is 150 Å². The molecule has 2 heterocycles. The van der Waals surface area contributed by atoms with Crippen molar-refractivity contribution in [2.75, 3.05) is 26.3 Å². The number of nitrogens with zero attached hydrogens (tertiary/aromatic N) is 1. The molecule has 0 radical (unpaired) electrons. The summed E-state index contributed by atoms with van der Waals surface area (Å²) in [5.41, 5.74) is 1.03. The van der Waals surface area contributed by atoms with E-state index < -0.39 is 0 Å². The second kappa shape index (κ2) is 7.46. The highest BCUT2D eigenvalue weighted by Gasteiger charge is 2.41. The first kappa shape index (κ1) is 17.0. The molecule has 3 aliphatic rings. The van der Waals surface area contributed by atoms with Gasteiger partial charge in [0.15, 0.2) is 0 Å². The average molecular weight is 343 g/mol. The maximum absolute atomic E-state index is 12.5. The van der Waals surface area contributed by atoms with E-state index in [2.05, 4.69) is 0 Å². The third kappa shape index (κ3) is 4.42. The van der Waals surface area contributed by atoms with Crippen molar-refractivity contribution >= 4 is 5.91 Å². The third-order valence-electron chi connectivity index (χ3n) is 5.94. The van der Waals surface area contributed by atoms with Crippen molar-refractivity contribution in [2.45, 2.75) is 56.7 Å². The molecule has 1 atom stereocenters. The van der Waals surface area contributed by atoms with Crippen LogP contribution in [0.3, 0.4) is 0 Å². The zero-order valence-corrected chi connectivity index (χ0v) is 15.0. The van der Waals surface area contributed by atoms with Crippen LogP contribution in [0.4, 0.5) is 0 Å². The Morgan fingerprint density at radius 1 is 1.16 bits per heavy atom. The molecule has 1 saturated carbocycles. The number of likely N-dealkylation sites (tertiary alicyclic amines) is 1. The summed E-state index contributed by atoms with van der Waals surface area (Å²) in [4.78, 5) is 14.6. The maximum Gasteiger partial charge on any atom is 0.226 e. The van der Waals surface area contributed by atoms with Gasteiger partial charge >= 0.3 is 0 Å². The lowest BCUT2D eigenvalue weighted by Gasteiger charge is -2.46. The van der Waals surface area contributed by atoms with Gasteiger partial charge < -0.3 is 14.4 Å². The van der Waals surface area contributed by atoms with E-state index in [0.29, 0.717) is 12.5 Å². The molecule has 0 bridgehead atoms. The second-order valence-corrected chi connectivity index (χ2v) is 7.97. The first-order chi connectivity index (χ1) is 12.2. The normalized spacial score (nSPS) is 25.9. The Morgan fingerprint density at radius 3 is 2.64 bits per heavy atom. The van der Waals surface area contributed by atoms with Gasteiger partial charge in [0.1, 0.15) is 0 Å². The van der Waals surface area contributed by atoms with Crippen LogP contribution < -0.4 is 0 Å². The van der Waals surface area contributed by atoms with E-state index in [1.54, 1.807) is 0 Å². The Kier molecular flexibility index (Phi) is 5.09. The minimum Gasteiger partial charge on any atom is -0.378 e. The maximum atomic E-state index is 12.5. The van der Waals surface area contributed by atoms with Crippen LogP contribution in [0.15, 0.2) is 30.3 Å². The summed E-state index contributed by atoms with van der Waals surface area (Å²) in [6.45, 7) is 3.34. The molecule has 3 fully saturated rings. The first-order valence-corrected chi connectivity index (χ1v) is 9.80. The van der Waals surface area contributed by atoms with E-state index in [9.17, 15) is 4.79 Å². The number of benzene rings is 1. The SMILES string of the molecule is O=C(Cc1ccccc1)N1CCC2(CC1)CC(OCC1CC1)CCO2. The molecule has 136 valence electrons. The quantitative estimate of drug-likeness (QED) is 0.824. The average Bonchev–Trinajstić information content (AvgIpc) is 3.46. The van der Waals surface area contributed by atoms with Crippen molar-refractivity contribution in [3.63, 3.8) is 0 Å². The lowest BCUT2D eigenvalue weighted by molar-refractivity contribution is -0.161. The van der Waals surface area contributed by atoms with E-state index in [4.69, 9.17) is 9.47 Å². The molecule has 4 heteroatoms. The van der Waals surface area contributed by atoms with Gasteiger partial charge in [0.25, 0.3) is 0 Å². The Hall–Kier alpha value is -1.39. The van der Waals surface area contributed by atoms with Gasteiger partial charge in [-0.05, 0) is 43.6 Å². The molecule has 2 saturated heterocycles. The highest BCUT2D eigenvalue weighted by Crippen LogP contribution is 2.37. The van der Waals surface area contributed by atoms with Crippen molar-refractivity contribution in [3.05, 3.63) is 35.9 Å². The zero-order chi connectivity index (χ0) is 17.1. The van der Waals surface area contributed by atoms with Gasteiger partial charge in [0, 0.05) is 32.7 Å². The molecule has 25 heavy (non-hydrogen) atoms. The monoisotopic (exact) mass is 343 g/mol. The van der Waals surface area contributed by atoms with Crippen molar-refractivity contribution in [2.24, 2.45) is 5.92 Å². The Morgan fingerprint density at radius 2 is 1.92 bits per heavy atom. The van der Waals surface area contributed by atoms with E-state index in [-0.39, 0.29) is 11.5 Å². The van der Waals surface area contributed by atoms with Gasteiger partial charge in [0.2, 0.25) is 5.91 Å². The summed E-state index contributed by atoms with van der Waals surface area (Å²) in [5, 5.41) is 0. The highest BCUT2D eigenvalue weighted by atomic mass is 16.5. The largest absolute Gasteiger partial charge is 0.378 e. The van der Waals surface area contributed by atoms with Gasteiger partial charge in [-0.15, -0.1) is 0 Å². The fraction of sp³-hybridized carbons (Fsp3) is 0.667. The van der Waals surface area contributed by atoms with Crippen LogP contribution in [-0.4, -0.2) is 48.8 Å². The van der Waals surface area contributed by atoms with Crippen LogP contribution in [-0.2, 0) is 20.7 Å². The molecular formula is C21H29NO3. The molecule has 1 spiro atoms. The summed E-state index contributed by atoms with van der Waals surface area (Å²) in [6, 6.07) is 10.0. The predicted molar refractivity (Wildman–Crippen MR) is 96.3 cm³/mol. The molecule has 4 rings (SSSR count). The molecule has 1 unspecified atom stereocenters. The van der Waals surface area contributed by atoms with Crippen LogP contribution in [0.25, 0.3) is 0 Å². The first-order valence-electron chi connectivity index (χ1n) is 9.80. The molecule has 1 amide bonds. The fourth-order valence-electron chi connectivity index (χ4n) is 4.08. The molecule has 1 aromatic rings. The van der Waals surface area contributed by atoms with E-state index in [1.807, 2.05) is 35.2 Å². The number of hydrogen-bond donors (Lipinski definition) is 0. The predicted octanol–water partition coefficient (Wildman–Crippen LogP) is 3.20. The van der Waals surface area contributed by atoms with Crippen LogP contribution in [0, 0.1) is 5.92 Å². The lowest BCUT2D eigenvalue weighted by Crippen LogP contribution is -2.52. The van der Waals surface area contributed by atoms with Crippen LogP contribution >= 0.6 is 0 Å². The number of rotatable bonds is 5. The minimum absolute atomic E-state index is 0.0595. The van der Waals surface area contributed by atoms with Gasteiger partial charge in [-0.1, -0.05) is 30.3 Å². The number of amides is 1. The number of hydrogen-bond acceptors (Lipinski definition) is 3. The van der Waals surface area contributed by atoms with Crippen molar-refractivity contribution in [1.29, 1.82) is 0 Å². The smallest absolute Gasteiger partial charge is 0.226 e. The lowest BCUT2D eigenvalue weighted by atomic mass is 9.83. The van der Waals surface area contributed by atoms with E-state index in [1.165, 1.54) is 12.8 Å².